The average molecular weight is 186 g/mol. The lowest BCUT2D eigenvalue weighted by molar-refractivity contribution is 0.161. The van der Waals surface area contributed by atoms with E-state index >= 15 is 0 Å². The van der Waals surface area contributed by atoms with Gasteiger partial charge in [-0.25, -0.2) is 0 Å². The van der Waals surface area contributed by atoms with Crippen molar-refractivity contribution in [3.63, 3.8) is 0 Å². The van der Waals surface area contributed by atoms with Crippen molar-refractivity contribution in [3.8, 4) is 0 Å². The predicted octanol–water partition coefficient (Wildman–Crippen LogP) is 0.786. The van der Waals surface area contributed by atoms with Gasteiger partial charge in [-0.05, 0) is 19.1 Å². The summed E-state index contributed by atoms with van der Waals surface area (Å²) in [6, 6.07) is 1.59. The lowest BCUT2D eigenvalue weighted by Gasteiger charge is -2.35. The van der Waals surface area contributed by atoms with Crippen molar-refractivity contribution in [2.75, 3.05) is 31.1 Å². The van der Waals surface area contributed by atoms with E-state index < -0.39 is 0 Å². The molecule has 2 aliphatic heterocycles. The second kappa shape index (κ2) is 3.99. The predicted molar refractivity (Wildman–Crippen MR) is 54.8 cm³/mol. The van der Waals surface area contributed by atoms with E-state index in [1.54, 1.807) is 0 Å². The largest absolute Gasteiger partial charge is 0.312 e. The van der Waals surface area contributed by atoms with Gasteiger partial charge in [0, 0.05) is 37.5 Å². The molecule has 0 spiro atoms. The third-order valence-electron chi connectivity index (χ3n) is 2.82. The first-order chi connectivity index (χ1) is 5.86. The molecule has 0 aromatic heterocycles. The second-order valence-corrected chi connectivity index (χ2v) is 5.02. The van der Waals surface area contributed by atoms with E-state index in [0.717, 1.165) is 6.04 Å². The maximum atomic E-state index is 3.49. The zero-order valence-corrected chi connectivity index (χ0v) is 8.57. The molecule has 0 amide bonds. The van der Waals surface area contributed by atoms with Gasteiger partial charge in [-0.2, -0.15) is 11.8 Å². The molecule has 12 heavy (non-hydrogen) atoms. The molecule has 2 rings (SSSR count). The van der Waals surface area contributed by atoms with Crippen LogP contribution in [0.15, 0.2) is 0 Å². The molecule has 0 aliphatic carbocycles. The van der Waals surface area contributed by atoms with Crippen molar-refractivity contribution in [2.24, 2.45) is 0 Å². The fraction of sp³-hybridized carbons (Fsp3) is 1.00. The third-order valence-corrected chi connectivity index (χ3v) is 3.97. The summed E-state index contributed by atoms with van der Waals surface area (Å²) < 4.78 is 0. The normalized spacial score (nSPS) is 38.8. The number of hydrogen-bond donors (Lipinski definition) is 1. The number of nitrogens with one attached hydrogen (secondary N) is 1. The molecule has 0 radical (unpaired) electrons. The molecule has 1 N–H and O–H groups in total. The molecular weight excluding hydrogens is 168 g/mol. The number of thioether (sulfide) groups is 1. The summed E-state index contributed by atoms with van der Waals surface area (Å²) in [5.41, 5.74) is 0. The molecule has 0 saturated carbocycles. The lowest BCUT2D eigenvalue weighted by atomic mass is 10.1. The number of piperazine rings is 1. The van der Waals surface area contributed by atoms with Crippen LogP contribution in [0.3, 0.4) is 0 Å². The molecule has 0 aromatic carbocycles. The van der Waals surface area contributed by atoms with E-state index in [1.807, 2.05) is 0 Å². The Bertz CT molecular complexity index is 145. The average Bonchev–Trinajstić information content (AvgIpc) is 2.56. The number of hydrogen-bond acceptors (Lipinski definition) is 3. The van der Waals surface area contributed by atoms with Gasteiger partial charge in [0.1, 0.15) is 0 Å². The van der Waals surface area contributed by atoms with Gasteiger partial charge in [0.15, 0.2) is 0 Å². The van der Waals surface area contributed by atoms with Gasteiger partial charge in [0.05, 0.1) is 0 Å². The first kappa shape index (κ1) is 8.85. The van der Waals surface area contributed by atoms with Gasteiger partial charge in [0.2, 0.25) is 0 Å². The summed E-state index contributed by atoms with van der Waals surface area (Å²) in [6.45, 7) is 5.98. The van der Waals surface area contributed by atoms with Crippen LogP contribution in [0, 0.1) is 0 Å². The van der Waals surface area contributed by atoms with E-state index in [9.17, 15) is 0 Å². The van der Waals surface area contributed by atoms with Gasteiger partial charge in [-0.3, -0.25) is 4.90 Å². The Morgan fingerprint density at radius 2 is 2.42 bits per heavy atom. The van der Waals surface area contributed by atoms with Crippen molar-refractivity contribution >= 4 is 11.8 Å². The van der Waals surface area contributed by atoms with Crippen molar-refractivity contribution in [1.82, 2.24) is 10.2 Å². The molecule has 2 nitrogen and oxygen atoms in total. The molecule has 0 aromatic rings. The molecule has 2 saturated heterocycles. The fourth-order valence-electron chi connectivity index (χ4n) is 2.10. The van der Waals surface area contributed by atoms with Crippen molar-refractivity contribution in [3.05, 3.63) is 0 Å². The van der Waals surface area contributed by atoms with Crippen LogP contribution in [0.1, 0.15) is 13.3 Å². The van der Waals surface area contributed by atoms with Crippen LogP contribution in [0.2, 0.25) is 0 Å². The van der Waals surface area contributed by atoms with E-state index in [0.29, 0.717) is 6.04 Å². The van der Waals surface area contributed by atoms with Crippen LogP contribution in [-0.4, -0.2) is 48.1 Å². The van der Waals surface area contributed by atoms with Gasteiger partial charge in [0.25, 0.3) is 0 Å². The maximum Gasteiger partial charge on any atom is 0.0195 e. The van der Waals surface area contributed by atoms with Gasteiger partial charge < -0.3 is 5.32 Å². The summed E-state index contributed by atoms with van der Waals surface area (Å²) in [5.74, 6) is 2.75. The minimum Gasteiger partial charge on any atom is -0.312 e. The minimum atomic E-state index is 0.698. The molecule has 2 fully saturated rings. The van der Waals surface area contributed by atoms with Crippen LogP contribution in [0.25, 0.3) is 0 Å². The quantitative estimate of drug-likeness (QED) is 0.652. The van der Waals surface area contributed by atoms with Crippen LogP contribution in [0.5, 0.6) is 0 Å². The minimum absolute atomic E-state index is 0.698. The molecular formula is C9H18N2S. The first-order valence-electron chi connectivity index (χ1n) is 4.91. The highest BCUT2D eigenvalue weighted by Crippen LogP contribution is 2.22. The Balaban J connectivity index is 1.85. The molecule has 3 heteroatoms. The Morgan fingerprint density at radius 1 is 1.50 bits per heavy atom. The van der Waals surface area contributed by atoms with Crippen LogP contribution in [0.4, 0.5) is 0 Å². The zero-order valence-electron chi connectivity index (χ0n) is 7.75. The summed E-state index contributed by atoms with van der Waals surface area (Å²) >= 11 is 2.11. The maximum absolute atomic E-state index is 3.49. The topological polar surface area (TPSA) is 15.3 Å². The smallest absolute Gasteiger partial charge is 0.0195 e. The zero-order chi connectivity index (χ0) is 8.39. The van der Waals surface area contributed by atoms with E-state index in [4.69, 9.17) is 0 Å². The molecule has 70 valence electrons. The molecule has 2 heterocycles. The lowest BCUT2D eigenvalue weighted by Crippen LogP contribution is -2.52. The van der Waals surface area contributed by atoms with Gasteiger partial charge in [-0.15, -0.1) is 0 Å². The Labute approximate surface area is 79.1 Å². The first-order valence-corrected chi connectivity index (χ1v) is 6.07. The highest BCUT2D eigenvalue weighted by atomic mass is 32.2. The second-order valence-electron chi connectivity index (χ2n) is 3.87. The Hall–Kier alpha value is 0.270. The highest BCUT2D eigenvalue weighted by molar-refractivity contribution is 7.99. The van der Waals surface area contributed by atoms with Crippen LogP contribution >= 0.6 is 11.8 Å². The van der Waals surface area contributed by atoms with Crippen molar-refractivity contribution < 1.29 is 0 Å². The van der Waals surface area contributed by atoms with Gasteiger partial charge >= 0.3 is 0 Å². The van der Waals surface area contributed by atoms with Crippen LogP contribution < -0.4 is 5.32 Å². The monoisotopic (exact) mass is 186 g/mol. The SMILES string of the molecule is C[C@@H]1CN(C2CCSC2)CCN1. The highest BCUT2D eigenvalue weighted by Gasteiger charge is 2.25. The Kier molecular flexibility index (Phi) is 2.94. The summed E-state index contributed by atoms with van der Waals surface area (Å²) in [5, 5.41) is 3.49. The van der Waals surface area contributed by atoms with E-state index in [2.05, 4.69) is 28.9 Å². The third kappa shape index (κ3) is 1.95. The fourth-order valence-corrected chi connectivity index (χ4v) is 3.36. The molecule has 0 bridgehead atoms. The molecule has 2 atom stereocenters. The van der Waals surface area contributed by atoms with E-state index in [1.165, 1.54) is 37.6 Å². The Morgan fingerprint density at radius 3 is 3.08 bits per heavy atom. The molecule has 2 aliphatic rings. The van der Waals surface area contributed by atoms with Gasteiger partial charge in [-0.1, -0.05) is 0 Å². The van der Waals surface area contributed by atoms with Crippen molar-refractivity contribution in [1.29, 1.82) is 0 Å². The standard InChI is InChI=1S/C9H18N2S/c1-8-6-11(4-3-10-8)9-2-5-12-7-9/h8-10H,2-7H2,1H3/t8-,9?/m1/s1. The van der Waals surface area contributed by atoms with Crippen molar-refractivity contribution in [2.45, 2.75) is 25.4 Å². The van der Waals surface area contributed by atoms with Crippen LogP contribution in [-0.2, 0) is 0 Å². The summed E-state index contributed by atoms with van der Waals surface area (Å²) in [7, 11) is 0. The summed E-state index contributed by atoms with van der Waals surface area (Å²) in [6.07, 6.45) is 1.41. The van der Waals surface area contributed by atoms with E-state index in [-0.39, 0.29) is 0 Å². The molecule has 1 unspecified atom stereocenters. The number of nitrogens with zero attached hydrogens (tertiary/aromatic N) is 1. The number of rotatable bonds is 1. The summed E-state index contributed by atoms with van der Waals surface area (Å²) in [4.78, 5) is 2.67.